The van der Waals surface area contributed by atoms with Crippen molar-refractivity contribution in [2.24, 2.45) is 0 Å². The van der Waals surface area contributed by atoms with E-state index in [-0.39, 0.29) is 12.0 Å². The third-order valence-corrected chi connectivity index (χ3v) is 1.95. The van der Waals surface area contributed by atoms with Crippen LogP contribution in [-0.4, -0.2) is 19.1 Å². The minimum absolute atomic E-state index is 0.249. The van der Waals surface area contributed by atoms with Crippen molar-refractivity contribution >= 4 is 11.7 Å². The van der Waals surface area contributed by atoms with Gasteiger partial charge in [-0.2, -0.15) is 0 Å². The summed E-state index contributed by atoms with van der Waals surface area (Å²) in [5, 5.41) is 3.00. The van der Waals surface area contributed by atoms with Gasteiger partial charge in [0.05, 0.1) is 19.1 Å². The van der Waals surface area contributed by atoms with E-state index < -0.39 is 0 Å². The quantitative estimate of drug-likeness (QED) is 0.628. The molecule has 4 heteroatoms. The standard InChI is InChI=1S/C8H9NO3/c1-11-8(10)6-4-7-5(9-6)2-3-12-7/h2-3,6,9H,4H2,1H3. The first-order chi connectivity index (χ1) is 5.81. The van der Waals surface area contributed by atoms with Crippen molar-refractivity contribution in [3.63, 3.8) is 0 Å². The van der Waals surface area contributed by atoms with Gasteiger partial charge in [0.2, 0.25) is 0 Å². The summed E-state index contributed by atoms with van der Waals surface area (Å²) in [6.07, 6.45) is 2.18. The number of hydrogen-bond donors (Lipinski definition) is 1. The molecule has 1 atom stereocenters. The molecule has 0 saturated carbocycles. The zero-order chi connectivity index (χ0) is 8.55. The van der Waals surface area contributed by atoms with Crippen molar-refractivity contribution in [1.82, 2.24) is 0 Å². The van der Waals surface area contributed by atoms with E-state index in [0.29, 0.717) is 6.42 Å². The van der Waals surface area contributed by atoms with E-state index in [0.717, 1.165) is 11.4 Å². The molecule has 2 heterocycles. The Morgan fingerprint density at radius 2 is 2.67 bits per heavy atom. The molecule has 64 valence electrons. The largest absolute Gasteiger partial charge is 0.467 e. The van der Waals surface area contributed by atoms with E-state index in [4.69, 9.17) is 4.42 Å². The molecule has 1 aromatic heterocycles. The van der Waals surface area contributed by atoms with E-state index in [2.05, 4.69) is 10.1 Å². The summed E-state index contributed by atoms with van der Waals surface area (Å²) < 4.78 is 9.72. The van der Waals surface area contributed by atoms with Crippen LogP contribution >= 0.6 is 0 Å². The van der Waals surface area contributed by atoms with Crippen LogP contribution in [0.3, 0.4) is 0 Å². The van der Waals surface area contributed by atoms with E-state index in [9.17, 15) is 4.79 Å². The van der Waals surface area contributed by atoms with Crippen LogP contribution < -0.4 is 5.32 Å². The summed E-state index contributed by atoms with van der Waals surface area (Å²) in [6.45, 7) is 0. The molecule has 1 aliphatic rings. The third kappa shape index (κ3) is 0.958. The molecule has 0 bridgehead atoms. The van der Waals surface area contributed by atoms with Gasteiger partial charge in [0.1, 0.15) is 11.8 Å². The normalized spacial score (nSPS) is 19.9. The Labute approximate surface area is 69.5 Å². The lowest BCUT2D eigenvalue weighted by Gasteiger charge is -2.06. The molecule has 1 aromatic rings. The summed E-state index contributed by atoms with van der Waals surface area (Å²) in [5.74, 6) is 0.576. The number of esters is 1. The Bertz CT molecular complexity index is 285. The molecule has 0 fully saturated rings. The fourth-order valence-electron chi connectivity index (χ4n) is 1.34. The van der Waals surface area contributed by atoms with Crippen LogP contribution in [-0.2, 0) is 16.0 Å². The minimum atomic E-state index is -0.273. The summed E-state index contributed by atoms with van der Waals surface area (Å²) in [7, 11) is 1.38. The second-order valence-corrected chi connectivity index (χ2v) is 2.68. The van der Waals surface area contributed by atoms with Crippen molar-refractivity contribution in [2.75, 3.05) is 12.4 Å². The zero-order valence-corrected chi connectivity index (χ0v) is 6.66. The van der Waals surface area contributed by atoms with Crippen LogP contribution in [0, 0.1) is 0 Å². The molecule has 0 aromatic carbocycles. The van der Waals surface area contributed by atoms with Gasteiger partial charge in [0, 0.05) is 6.42 Å². The Morgan fingerprint density at radius 3 is 3.33 bits per heavy atom. The van der Waals surface area contributed by atoms with Crippen molar-refractivity contribution in [3.8, 4) is 0 Å². The number of hydrogen-bond acceptors (Lipinski definition) is 4. The maximum absolute atomic E-state index is 11.1. The highest BCUT2D eigenvalue weighted by Gasteiger charge is 2.29. The van der Waals surface area contributed by atoms with E-state index in [1.165, 1.54) is 7.11 Å². The SMILES string of the molecule is COC(=O)C1Cc2occc2N1. The highest BCUT2D eigenvalue weighted by Crippen LogP contribution is 2.26. The zero-order valence-electron chi connectivity index (χ0n) is 6.66. The molecule has 0 saturated heterocycles. The lowest BCUT2D eigenvalue weighted by molar-refractivity contribution is -0.141. The number of anilines is 1. The highest BCUT2D eigenvalue weighted by molar-refractivity contribution is 5.82. The van der Waals surface area contributed by atoms with Gasteiger partial charge in [-0.1, -0.05) is 0 Å². The van der Waals surface area contributed by atoms with Crippen LogP contribution in [0.4, 0.5) is 5.69 Å². The number of carbonyl (C=O) groups excluding carboxylic acids is 1. The number of rotatable bonds is 1. The molecule has 1 aliphatic heterocycles. The molecular formula is C8H9NO3. The van der Waals surface area contributed by atoms with Crippen molar-refractivity contribution in [2.45, 2.75) is 12.5 Å². The molecule has 1 unspecified atom stereocenters. The second-order valence-electron chi connectivity index (χ2n) is 2.68. The monoisotopic (exact) mass is 167 g/mol. The average Bonchev–Trinajstić information content (AvgIpc) is 2.60. The van der Waals surface area contributed by atoms with E-state index in [1.54, 1.807) is 12.3 Å². The van der Waals surface area contributed by atoms with Gasteiger partial charge in [-0.15, -0.1) is 0 Å². The topological polar surface area (TPSA) is 51.5 Å². The smallest absolute Gasteiger partial charge is 0.328 e. The van der Waals surface area contributed by atoms with Crippen LogP contribution in [0.25, 0.3) is 0 Å². The van der Waals surface area contributed by atoms with Crippen molar-refractivity contribution < 1.29 is 13.9 Å². The predicted molar refractivity (Wildman–Crippen MR) is 41.8 cm³/mol. The minimum Gasteiger partial charge on any atom is -0.467 e. The maximum atomic E-state index is 11.1. The fourth-order valence-corrected chi connectivity index (χ4v) is 1.34. The molecular weight excluding hydrogens is 158 g/mol. The molecule has 0 aliphatic carbocycles. The number of ether oxygens (including phenoxy) is 1. The maximum Gasteiger partial charge on any atom is 0.328 e. The molecule has 12 heavy (non-hydrogen) atoms. The van der Waals surface area contributed by atoms with Gasteiger partial charge < -0.3 is 14.5 Å². The molecule has 0 radical (unpaired) electrons. The molecule has 4 nitrogen and oxygen atoms in total. The summed E-state index contributed by atoms with van der Waals surface area (Å²) in [4.78, 5) is 11.1. The first kappa shape index (κ1) is 7.21. The number of carbonyl (C=O) groups is 1. The van der Waals surface area contributed by atoms with Gasteiger partial charge in [0.15, 0.2) is 0 Å². The second kappa shape index (κ2) is 2.55. The summed E-state index contributed by atoms with van der Waals surface area (Å²) >= 11 is 0. The van der Waals surface area contributed by atoms with Crippen LogP contribution in [0.2, 0.25) is 0 Å². The molecule has 2 rings (SSSR count). The van der Waals surface area contributed by atoms with Gasteiger partial charge in [-0.05, 0) is 6.07 Å². The van der Waals surface area contributed by atoms with Crippen LogP contribution in [0.15, 0.2) is 16.7 Å². The number of methoxy groups -OCH3 is 1. The highest BCUT2D eigenvalue weighted by atomic mass is 16.5. The lowest BCUT2D eigenvalue weighted by Crippen LogP contribution is -2.28. The first-order valence-electron chi connectivity index (χ1n) is 3.72. The van der Waals surface area contributed by atoms with Crippen molar-refractivity contribution in [1.29, 1.82) is 0 Å². The molecule has 0 spiro atoms. The van der Waals surface area contributed by atoms with Gasteiger partial charge in [-0.25, -0.2) is 4.79 Å². The Kier molecular flexibility index (Phi) is 1.53. The lowest BCUT2D eigenvalue weighted by atomic mass is 10.2. The fraction of sp³-hybridized carbons (Fsp3) is 0.375. The van der Waals surface area contributed by atoms with E-state index >= 15 is 0 Å². The Hall–Kier alpha value is -1.45. The van der Waals surface area contributed by atoms with Gasteiger partial charge in [0.25, 0.3) is 0 Å². The number of fused-ring (bicyclic) bond motifs is 1. The van der Waals surface area contributed by atoms with Crippen LogP contribution in [0.5, 0.6) is 0 Å². The average molecular weight is 167 g/mol. The summed E-state index contributed by atoms with van der Waals surface area (Å²) in [5.41, 5.74) is 0.894. The number of nitrogens with one attached hydrogen (secondary N) is 1. The molecule has 0 amide bonds. The first-order valence-corrected chi connectivity index (χ1v) is 3.72. The van der Waals surface area contributed by atoms with Gasteiger partial charge >= 0.3 is 5.97 Å². The van der Waals surface area contributed by atoms with E-state index in [1.807, 2.05) is 0 Å². The number of furan rings is 1. The summed E-state index contributed by atoms with van der Waals surface area (Å²) in [6, 6.07) is 1.53. The predicted octanol–water partition coefficient (Wildman–Crippen LogP) is 0.789. The van der Waals surface area contributed by atoms with Crippen LogP contribution in [0.1, 0.15) is 5.76 Å². The van der Waals surface area contributed by atoms with Crippen molar-refractivity contribution in [3.05, 3.63) is 18.1 Å². The molecule has 1 N–H and O–H groups in total. The van der Waals surface area contributed by atoms with Gasteiger partial charge in [-0.3, -0.25) is 0 Å². The Balaban J connectivity index is 2.12. The Morgan fingerprint density at radius 1 is 1.83 bits per heavy atom. The third-order valence-electron chi connectivity index (χ3n) is 1.95.